The molecule has 10 rings (SSSR count). The minimum absolute atomic E-state index is 0.0113. The number of aliphatic carboxylic acids is 2. The summed E-state index contributed by atoms with van der Waals surface area (Å²) in [6, 6.07) is 14.9. The van der Waals surface area contributed by atoms with Gasteiger partial charge in [0.2, 0.25) is 24.9 Å². The number of carboxylic acids is 2. The second-order valence-corrected chi connectivity index (χ2v) is 22.8. The van der Waals surface area contributed by atoms with Crippen molar-refractivity contribution in [2.75, 3.05) is 26.4 Å². The number of rotatable bonds is 18. The van der Waals surface area contributed by atoms with Gasteiger partial charge in [-0.1, -0.05) is 48.5 Å². The molecule has 2 aliphatic heterocycles. The Morgan fingerprint density at radius 2 is 1.01 bits per heavy atom. The van der Waals surface area contributed by atoms with E-state index >= 15 is 0 Å². The zero-order valence-electron chi connectivity index (χ0n) is 45.9. The van der Waals surface area contributed by atoms with E-state index in [0.717, 1.165) is 31.4 Å². The molecule has 1 unspecified atom stereocenters. The molecule has 82 heavy (non-hydrogen) atoms. The Balaban J connectivity index is 0.000000198. The van der Waals surface area contributed by atoms with Gasteiger partial charge in [-0.25, -0.2) is 51.4 Å². The summed E-state index contributed by atoms with van der Waals surface area (Å²) in [5, 5.41) is 20.5. The molecule has 22 nitrogen and oxygen atoms in total. The maximum Gasteiger partial charge on any atom is 0.333 e. The molecule has 0 aliphatic carbocycles. The molecule has 0 radical (unpaired) electrons. The first-order chi connectivity index (χ1) is 39.3. The Morgan fingerprint density at radius 1 is 0.646 bits per heavy atom. The molecule has 0 amide bonds. The Morgan fingerprint density at radius 3 is 1.34 bits per heavy atom. The summed E-state index contributed by atoms with van der Waals surface area (Å²) in [5.74, 6) is -2.05. The van der Waals surface area contributed by atoms with Crippen LogP contribution in [-0.4, -0.2) is 89.0 Å². The first-order valence-electron chi connectivity index (χ1n) is 26.4. The molecular weight excluding hydrogens is 1100 g/mol. The van der Waals surface area contributed by atoms with Crippen molar-refractivity contribution in [2.45, 2.75) is 129 Å². The summed E-state index contributed by atoms with van der Waals surface area (Å²) in [7, 11) is 0. The largest absolute Gasteiger partial charge is 0.480 e. The highest BCUT2D eigenvalue weighted by Gasteiger charge is 2.39. The van der Waals surface area contributed by atoms with Crippen molar-refractivity contribution in [2.24, 2.45) is 0 Å². The number of oxazole rings is 2. The summed E-state index contributed by atoms with van der Waals surface area (Å²) in [6.07, 6.45) is 6.89. The summed E-state index contributed by atoms with van der Waals surface area (Å²) in [4.78, 5) is 98.0. The fraction of sp³-hybridized carbons (Fsp3) is 0.414. The number of hydrogen-bond acceptors (Lipinski definition) is 16. The van der Waals surface area contributed by atoms with Crippen LogP contribution < -0.4 is 22.5 Å². The lowest BCUT2D eigenvalue weighted by Gasteiger charge is -2.30. The van der Waals surface area contributed by atoms with Gasteiger partial charge in [0.05, 0.1) is 58.2 Å². The van der Waals surface area contributed by atoms with E-state index in [4.69, 9.17) is 40.9 Å². The number of nitrogens with zero attached hydrogens (tertiary/aromatic N) is 8. The van der Waals surface area contributed by atoms with Gasteiger partial charge in [0.25, 0.3) is 11.1 Å². The van der Waals surface area contributed by atoms with Crippen molar-refractivity contribution < 1.29 is 47.6 Å². The van der Waals surface area contributed by atoms with Crippen molar-refractivity contribution >= 4 is 55.0 Å². The van der Waals surface area contributed by atoms with E-state index in [1.54, 1.807) is 13.8 Å². The van der Waals surface area contributed by atoms with Gasteiger partial charge < -0.3 is 47.7 Å². The molecule has 8 heterocycles. The number of aromatic nitrogens is 6. The molecule has 6 aromatic heterocycles. The quantitative estimate of drug-likeness (QED) is 0.0761. The number of carboxylic acid groups (broad SMARTS) is 2. The number of fused-ring (bicyclic) bond motifs is 2. The second kappa shape index (κ2) is 24.5. The topological polar surface area (TPSA) is 260 Å². The van der Waals surface area contributed by atoms with Gasteiger partial charge in [0.15, 0.2) is 0 Å². The highest BCUT2D eigenvalue weighted by Crippen LogP contribution is 2.39. The van der Waals surface area contributed by atoms with Gasteiger partial charge in [0.1, 0.15) is 45.5 Å². The van der Waals surface area contributed by atoms with Gasteiger partial charge in [-0.15, -0.1) is 22.7 Å². The van der Waals surface area contributed by atoms with Gasteiger partial charge in [-0.2, -0.15) is 0 Å². The van der Waals surface area contributed by atoms with Crippen LogP contribution >= 0.6 is 22.7 Å². The second-order valence-electron chi connectivity index (χ2n) is 20.8. The monoisotopic (exact) mass is 1160 g/mol. The van der Waals surface area contributed by atoms with Crippen LogP contribution in [0.2, 0.25) is 0 Å². The van der Waals surface area contributed by atoms with Gasteiger partial charge in [-0.3, -0.25) is 18.7 Å². The normalized spacial score (nSPS) is 15.2. The zero-order chi connectivity index (χ0) is 58.6. The van der Waals surface area contributed by atoms with Crippen LogP contribution in [0.5, 0.6) is 0 Å². The van der Waals surface area contributed by atoms with Gasteiger partial charge in [-0.05, 0) is 89.5 Å². The minimum Gasteiger partial charge on any atom is -0.480 e. The first-order valence-corrected chi connectivity index (χ1v) is 28.1. The van der Waals surface area contributed by atoms with Crippen LogP contribution in [0, 0.1) is 27.0 Å². The molecule has 2 atom stereocenters. The van der Waals surface area contributed by atoms with Crippen LogP contribution in [0.1, 0.15) is 99.0 Å². The van der Waals surface area contributed by atoms with Crippen molar-refractivity contribution in [1.82, 2.24) is 28.2 Å². The SMILES string of the molecule is [C-]#[N+]Cc1ccccc1C(Cn1c(=O)n(C(C)(C)C(=O)O)c(=O)c2c(C)c(-c3ncco3)sc21)OC1CCOCC1.[C-]#[N+]Cc1ccccc1[C@H](Cn1c(=O)n(C(C)(C)C(=O)O)c(=O)c2c(C)c(-c3ncco3)sc21)OC1CCOCC1. The molecule has 2 N–H and O–H groups in total. The Kier molecular flexibility index (Phi) is 17.5. The van der Waals surface area contributed by atoms with E-state index in [1.165, 1.54) is 84.4 Å². The van der Waals surface area contributed by atoms with Crippen LogP contribution in [0.25, 0.3) is 51.7 Å². The number of aryl methyl sites for hydroxylation is 2. The van der Waals surface area contributed by atoms with E-state index in [2.05, 4.69) is 19.7 Å². The van der Waals surface area contributed by atoms with Crippen molar-refractivity contribution in [1.29, 1.82) is 0 Å². The molecule has 2 saturated heterocycles. The van der Waals surface area contributed by atoms with Crippen LogP contribution in [-0.2, 0) is 65.8 Å². The standard InChI is InChI=1S/2C29H30N4O7S/c2*1-17-22-25(34)33(29(2,3)27(35)36)28(37)32(26(22)41-23(17)24-31-11-14-39-24)16-21(40-19-9-12-38-13-10-19)20-8-6-5-7-18(20)15-30-4/h2*5-8,11,14,19,21H,9-10,12-13,15-16H2,1-3H3,(H,35,36)/t21-;/m0./s1. The van der Waals surface area contributed by atoms with E-state index in [1.807, 2.05) is 48.5 Å². The fourth-order valence-corrected chi connectivity index (χ4v) is 12.8. The van der Waals surface area contributed by atoms with E-state index in [-0.39, 0.29) is 49.2 Å². The molecule has 8 aromatic rings. The van der Waals surface area contributed by atoms with Crippen LogP contribution in [0.4, 0.5) is 0 Å². The molecule has 2 aliphatic rings. The summed E-state index contributed by atoms with van der Waals surface area (Å²) in [5.41, 5.74) is -2.47. The Hall–Kier alpha value is -8.10. The van der Waals surface area contributed by atoms with E-state index in [0.29, 0.717) is 94.4 Å². The van der Waals surface area contributed by atoms with Crippen LogP contribution in [0.3, 0.4) is 0 Å². The van der Waals surface area contributed by atoms with Crippen molar-refractivity contribution in [3.63, 3.8) is 0 Å². The predicted molar refractivity (Wildman–Crippen MR) is 304 cm³/mol. The molecule has 0 spiro atoms. The number of carbonyl (C=O) groups is 2. The summed E-state index contributed by atoms with van der Waals surface area (Å²) < 4.78 is 39.7. The average Bonchev–Trinajstić information content (AvgIpc) is 4.41. The lowest BCUT2D eigenvalue weighted by Crippen LogP contribution is -2.52. The van der Waals surface area contributed by atoms with Crippen molar-refractivity contribution in [3.05, 3.63) is 171 Å². The molecule has 0 saturated carbocycles. The molecule has 2 aromatic carbocycles. The van der Waals surface area contributed by atoms with Crippen LogP contribution in [0.15, 0.2) is 101 Å². The summed E-state index contributed by atoms with van der Waals surface area (Å²) in [6.45, 7) is 26.1. The third kappa shape index (κ3) is 11.4. The van der Waals surface area contributed by atoms with Gasteiger partial charge >= 0.3 is 23.3 Å². The summed E-state index contributed by atoms with van der Waals surface area (Å²) >= 11 is 2.37. The lowest BCUT2D eigenvalue weighted by molar-refractivity contribution is -0.146. The predicted octanol–water partition coefficient (Wildman–Crippen LogP) is 8.73. The fourth-order valence-electron chi connectivity index (χ4n) is 10.3. The molecule has 24 heteroatoms. The van der Waals surface area contributed by atoms with Gasteiger partial charge in [0, 0.05) is 37.6 Å². The maximum atomic E-state index is 14.1. The minimum atomic E-state index is -1.83. The maximum absolute atomic E-state index is 14.1. The molecule has 2 fully saturated rings. The lowest BCUT2D eigenvalue weighted by atomic mass is 10.0. The molecule has 428 valence electrons. The smallest absolute Gasteiger partial charge is 0.333 e. The third-order valence-electron chi connectivity index (χ3n) is 14.9. The Bertz CT molecular complexity index is 3730. The van der Waals surface area contributed by atoms with Crippen molar-refractivity contribution in [3.8, 4) is 21.5 Å². The average molecular weight is 1160 g/mol. The van der Waals surface area contributed by atoms with E-state index in [9.17, 15) is 39.0 Å². The van der Waals surface area contributed by atoms with E-state index < -0.39 is 57.7 Å². The Labute approximate surface area is 477 Å². The molecular formula is C58H60N8O14S2. The number of hydrogen-bond donors (Lipinski definition) is 2. The highest BCUT2D eigenvalue weighted by molar-refractivity contribution is 7.22. The first kappa shape index (κ1) is 58.6. The number of thiophene rings is 2. The highest BCUT2D eigenvalue weighted by atomic mass is 32.1. The third-order valence-corrected chi connectivity index (χ3v) is 17.5. The number of ether oxygens (including phenoxy) is 4. The molecule has 0 bridgehead atoms. The zero-order valence-corrected chi connectivity index (χ0v) is 47.5. The number of benzene rings is 2.